The van der Waals surface area contributed by atoms with E-state index in [9.17, 15) is 5.11 Å². The Balaban J connectivity index is 1.91. The van der Waals surface area contributed by atoms with Crippen molar-refractivity contribution in [2.45, 2.75) is 13.2 Å². The Hall–Kier alpha value is -1.91. The minimum Gasteiger partial charge on any atom is -0.472 e. The molecule has 0 aliphatic rings. The van der Waals surface area contributed by atoms with E-state index in [1.165, 1.54) is 0 Å². The Morgan fingerprint density at radius 2 is 2.05 bits per heavy atom. The van der Waals surface area contributed by atoms with Crippen LogP contribution in [0.15, 0.2) is 47.8 Å². The molecule has 2 heterocycles. The number of hydrogen-bond donors (Lipinski definition) is 1. The molecule has 3 rings (SSSR count). The number of fused-ring (bicyclic) bond motifs is 1. The largest absolute Gasteiger partial charge is 0.472 e. The van der Waals surface area contributed by atoms with Crippen LogP contribution >= 0.6 is 11.3 Å². The molecule has 0 aliphatic carbocycles. The van der Waals surface area contributed by atoms with E-state index in [0.29, 0.717) is 12.5 Å². The fourth-order valence-electron chi connectivity index (χ4n) is 1.96. The maximum absolute atomic E-state index is 9.43. The van der Waals surface area contributed by atoms with Gasteiger partial charge in [0.2, 0.25) is 5.88 Å². The van der Waals surface area contributed by atoms with Gasteiger partial charge in [-0.05, 0) is 23.1 Å². The van der Waals surface area contributed by atoms with Gasteiger partial charge in [0.15, 0.2) is 0 Å². The quantitative estimate of drug-likeness (QED) is 0.791. The molecule has 0 radical (unpaired) electrons. The van der Waals surface area contributed by atoms with Gasteiger partial charge in [0.25, 0.3) is 0 Å². The summed E-state index contributed by atoms with van der Waals surface area (Å²) in [5.74, 6) is 0.552. The molecule has 1 N–H and O–H groups in total. The van der Waals surface area contributed by atoms with Gasteiger partial charge in [-0.25, -0.2) is 4.98 Å². The van der Waals surface area contributed by atoms with Gasteiger partial charge in [0.1, 0.15) is 6.61 Å². The number of ether oxygens (including phenoxy) is 1. The summed E-state index contributed by atoms with van der Waals surface area (Å²) in [6, 6.07) is 13.6. The van der Waals surface area contributed by atoms with Gasteiger partial charge < -0.3 is 9.84 Å². The highest BCUT2D eigenvalue weighted by molar-refractivity contribution is 7.09. The molecule has 0 aliphatic heterocycles. The first-order valence-corrected chi connectivity index (χ1v) is 6.89. The van der Waals surface area contributed by atoms with Crippen LogP contribution in [0.5, 0.6) is 5.88 Å². The van der Waals surface area contributed by atoms with Crippen molar-refractivity contribution in [1.82, 2.24) is 4.98 Å². The summed E-state index contributed by atoms with van der Waals surface area (Å²) in [6.45, 7) is 0.492. The summed E-state index contributed by atoms with van der Waals surface area (Å²) in [5.41, 5.74) is 1.68. The van der Waals surface area contributed by atoms with E-state index in [1.54, 1.807) is 17.4 Å². The predicted octanol–water partition coefficient (Wildman–Crippen LogP) is 3.37. The predicted molar refractivity (Wildman–Crippen MR) is 76.3 cm³/mol. The van der Waals surface area contributed by atoms with Crippen LogP contribution in [-0.2, 0) is 13.2 Å². The van der Waals surface area contributed by atoms with Crippen molar-refractivity contribution in [3.63, 3.8) is 0 Å². The van der Waals surface area contributed by atoms with Crippen LogP contribution in [0.4, 0.5) is 0 Å². The second kappa shape index (κ2) is 5.38. The Kier molecular flexibility index (Phi) is 3.44. The molecule has 2 aromatic heterocycles. The van der Waals surface area contributed by atoms with Crippen molar-refractivity contribution in [1.29, 1.82) is 0 Å². The highest BCUT2D eigenvalue weighted by Crippen LogP contribution is 2.23. The van der Waals surface area contributed by atoms with Crippen LogP contribution in [0.25, 0.3) is 10.9 Å². The fourth-order valence-corrected chi connectivity index (χ4v) is 2.58. The Labute approximate surface area is 115 Å². The van der Waals surface area contributed by atoms with Crippen molar-refractivity contribution in [2.24, 2.45) is 0 Å². The van der Waals surface area contributed by atoms with E-state index in [2.05, 4.69) is 4.98 Å². The summed E-state index contributed by atoms with van der Waals surface area (Å²) < 4.78 is 5.69. The van der Waals surface area contributed by atoms with E-state index < -0.39 is 0 Å². The zero-order valence-corrected chi connectivity index (χ0v) is 11.1. The van der Waals surface area contributed by atoms with Gasteiger partial charge in [-0.3, -0.25) is 0 Å². The third-order valence-electron chi connectivity index (χ3n) is 2.89. The number of para-hydroxylation sites is 1. The molecule has 0 spiro atoms. The number of rotatable bonds is 4. The monoisotopic (exact) mass is 271 g/mol. The highest BCUT2D eigenvalue weighted by atomic mass is 32.1. The summed E-state index contributed by atoms with van der Waals surface area (Å²) in [4.78, 5) is 5.61. The molecule has 0 saturated heterocycles. The van der Waals surface area contributed by atoms with Gasteiger partial charge >= 0.3 is 0 Å². The molecule has 0 atom stereocenters. The molecule has 1 aromatic carbocycles. The third-order valence-corrected chi connectivity index (χ3v) is 3.74. The molecular formula is C15H13NO2S. The maximum atomic E-state index is 9.43. The van der Waals surface area contributed by atoms with Crippen LogP contribution in [0.1, 0.15) is 10.4 Å². The summed E-state index contributed by atoms with van der Waals surface area (Å²) in [7, 11) is 0. The van der Waals surface area contributed by atoms with Crippen molar-refractivity contribution >= 4 is 22.2 Å². The van der Waals surface area contributed by atoms with Crippen LogP contribution in [0, 0.1) is 0 Å². The summed E-state index contributed by atoms with van der Waals surface area (Å²) in [5, 5.41) is 12.4. The van der Waals surface area contributed by atoms with E-state index in [-0.39, 0.29) is 6.61 Å². The average Bonchev–Trinajstić information content (AvgIpc) is 2.97. The van der Waals surface area contributed by atoms with Crippen LogP contribution in [0.3, 0.4) is 0 Å². The van der Waals surface area contributed by atoms with Gasteiger partial charge in [-0.15, -0.1) is 11.3 Å². The molecule has 96 valence electrons. The van der Waals surface area contributed by atoms with Gasteiger partial charge in [-0.2, -0.15) is 0 Å². The van der Waals surface area contributed by atoms with Gasteiger partial charge in [-0.1, -0.05) is 24.3 Å². The second-order valence-electron chi connectivity index (χ2n) is 4.16. The fraction of sp³-hybridized carbons (Fsp3) is 0.133. The van der Waals surface area contributed by atoms with E-state index in [1.807, 2.05) is 41.8 Å². The number of aliphatic hydroxyl groups is 1. The van der Waals surface area contributed by atoms with Gasteiger partial charge in [0.05, 0.1) is 12.1 Å². The van der Waals surface area contributed by atoms with Gasteiger partial charge in [0, 0.05) is 16.3 Å². The molecule has 3 aromatic rings. The lowest BCUT2D eigenvalue weighted by atomic mass is 10.1. The lowest BCUT2D eigenvalue weighted by molar-refractivity contribution is 0.277. The topological polar surface area (TPSA) is 42.4 Å². The molecule has 0 unspecified atom stereocenters. The Bertz CT molecular complexity index is 680. The molecule has 0 saturated carbocycles. The smallest absolute Gasteiger partial charge is 0.214 e. The zero-order chi connectivity index (χ0) is 13.1. The number of hydrogen-bond acceptors (Lipinski definition) is 4. The number of aromatic nitrogens is 1. The minimum absolute atomic E-state index is 0.0155. The third kappa shape index (κ3) is 2.59. The molecule has 0 amide bonds. The summed E-state index contributed by atoms with van der Waals surface area (Å²) >= 11 is 1.65. The Morgan fingerprint density at radius 3 is 2.84 bits per heavy atom. The van der Waals surface area contributed by atoms with Crippen LogP contribution < -0.4 is 4.74 Å². The van der Waals surface area contributed by atoms with E-state index in [4.69, 9.17) is 4.74 Å². The van der Waals surface area contributed by atoms with E-state index >= 15 is 0 Å². The average molecular weight is 271 g/mol. The van der Waals surface area contributed by atoms with E-state index in [0.717, 1.165) is 21.3 Å². The molecule has 0 fully saturated rings. The number of nitrogens with zero attached hydrogens (tertiary/aromatic N) is 1. The number of thiophene rings is 1. The lowest BCUT2D eigenvalue weighted by Crippen LogP contribution is -1.98. The van der Waals surface area contributed by atoms with Crippen molar-refractivity contribution in [2.75, 3.05) is 0 Å². The van der Waals surface area contributed by atoms with Crippen molar-refractivity contribution in [3.05, 3.63) is 58.3 Å². The van der Waals surface area contributed by atoms with Crippen LogP contribution in [-0.4, -0.2) is 10.1 Å². The Morgan fingerprint density at radius 1 is 1.16 bits per heavy atom. The zero-order valence-electron chi connectivity index (χ0n) is 10.2. The second-order valence-corrected chi connectivity index (χ2v) is 5.20. The number of pyridine rings is 1. The normalized spacial score (nSPS) is 10.8. The minimum atomic E-state index is -0.0155. The maximum Gasteiger partial charge on any atom is 0.214 e. The first-order valence-electron chi connectivity index (χ1n) is 6.01. The standard InChI is InChI=1S/C15H13NO2S/c17-9-11-8-15(18-10-12-4-3-7-19-12)16-14-6-2-1-5-13(11)14/h1-8,17H,9-10H2. The first-order chi connectivity index (χ1) is 9.36. The first kappa shape index (κ1) is 12.1. The van der Waals surface area contributed by atoms with Crippen molar-refractivity contribution in [3.8, 4) is 5.88 Å². The number of aliphatic hydroxyl groups excluding tert-OH is 1. The molecule has 19 heavy (non-hydrogen) atoms. The molecule has 0 bridgehead atoms. The summed E-state index contributed by atoms with van der Waals surface area (Å²) in [6.07, 6.45) is 0. The highest BCUT2D eigenvalue weighted by Gasteiger charge is 2.06. The van der Waals surface area contributed by atoms with Crippen LogP contribution in [0.2, 0.25) is 0 Å². The lowest BCUT2D eigenvalue weighted by Gasteiger charge is -2.08. The SMILES string of the molecule is OCc1cc(OCc2cccs2)nc2ccccc12. The molecule has 3 nitrogen and oxygen atoms in total. The number of benzene rings is 1. The molecule has 4 heteroatoms. The molecular weight excluding hydrogens is 258 g/mol. The van der Waals surface area contributed by atoms with Crippen molar-refractivity contribution < 1.29 is 9.84 Å².